The van der Waals surface area contributed by atoms with Crippen LogP contribution in [0.15, 0.2) is 29.9 Å². The number of hydrogen-bond donors (Lipinski definition) is 2. The zero-order chi connectivity index (χ0) is 20.4. The van der Waals surface area contributed by atoms with Gasteiger partial charge < -0.3 is 19.7 Å². The summed E-state index contributed by atoms with van der Waals surface area (Å²) in [6.07, 6.45) is 5.31. The molecule has 0 bridgehead atoms. The van der Waals surface area contributed by atoms with Crippen molar-refractivity contribution in [3.63, 3.8) is 0 Å². The number of halogens is 1. The van der Waals surface area contributed by atoms with Crippen LogP contribution < -0.4 is 5.32 Å². The summed E-state index contributed by atoms with van der Waals surface area (Å²) in [4.78, 5) is 16.9. The van der Waals surface area contributed by atoms with E-state index in [9.17, 15) is 9.90 Å². The first-order chi connectivity index (χ1) is 14.1. The number of esters is 1. The second kappa shape index (κ2) is 8.83. The molecule has 2 atom stereocenters. The number of hydrogen-bond acceptors (Lipinski definition) is 6. The van der Waals surface area contributed by atoms with Gasteiger partial charge in [-0.25, -0.2) is 9.78 Å². The van der Waals surface area contributed by atoms with Gasteiger partial charge in [-0.2, -0.15) is 0 Å². The summed E-state index contributed by atoms with van der Waals surface area (Å²) in [5, 5.41) is 16.1. The van der Waals surface area contributed by atoms with E-state index in [2.05, 4.69) is 14.9 Å². The average molecular weight is 434 g/mol. The van der Waals surface area contributed by atoms with Gasteiger partial charge in [0.2, 0.25) is 0 Å². The molecular weight excluding hydrogens is 410 g/mol. The predicted octanol–water partition coefficient (Wildman–Crippen LogP) is 4.10. The molecule has 0 aliphatic carbocycles. The number of piperidine rings is 1. The van der Waals surface area contributed by atoms with Crippen LogP contribution in [0, 0.1) is 0 Å². The maximum absolute atomic E-state index is 11.8. The monoisotopic (exact) mass is 433 g/mol. The van der Waals surface area contributed by atoms with E-state index in [-0.39, 0.29) is 18.1 Å². The van der Waals surface area contributed by atoms with Gasteiger partial charge in [0, 0.05) is 23.2 Å². The molecule has 0 radical (unpaired) electrons. The minimum Gasteiger partial charge on any atom is -0.465 e. The number of ether oxygens (including phenoxy) is 1. The highest BCUT2D eigenvalue weighted by atomic mass is 35.5. The molecule has 0 saturated carbocycles. The topological polar surface area (TPSA) is 76.4 Å². The summed E-state index contributed by atoms with van der Waals surface area (Å²) in [7, 11) is 1.38. The number of carbonyl (C=O) groups is 1. The minimum absolute atomic E-state index is 0.159. The summed E-state index contributed by atoms with van der Waals surface area (Å²) >= 11 is 7.68. The van der Waals surface area contributed by atoms with E-state index in [0.717, 1.165) is 60.9 Å². The molecule has 0 unspecified atom stereocenters. The van der Waals surface area contributed by atoms with E-state index in [1.54, 1.807) is 0 Å². The molecule has 1 aliphatic rings. The lowest BCUT2D eigenvalue weighted by Gasteiger charge is -2.29. The Bertz CT molecular complexity index is 1020. The minimum atomic E-state index is -0.341. The van der Waals surface area contributed by atoms with Crippen molar-refractivity contribution in [2.75, 3.05) is 13.7 Å². The molecule has 1 saturated heterocycles. The van der Waals surface area contributed by atoms with E-state index < -0.39 is 0 Å². The Morgan fingerprint density at radius 1 is 1.45 bits per heavy atom. The molecule has 2 N–H and O–H groups in total. The van der Waals surface area contributed by atoms with Crippen molar-refractivity contribution in [2.24, 2.45) is 0 Å². The molecule has 3 aromatic rings. The molecule has 6 nitrogen and oxygen atoms in total. The Labute approximate surface area is 178 Å². The van der Waals surface area contributed by atoms with Gasteiger partial charge in [-0.05, 0) is 61.4 Å². The fourth-order valence-electron chi connectivity index (χ4n) is 3.96. The molecule has 0 spiro atoms. The predicted molar refractivity (Wildman–Crippen MR) is 116 cm³/mol. The Morgan fingerprint density at radius 2 is 2.31 bits per heavy atom. The van der Waals surface area contributed by atoms with Gasteiger partial charge in [0.15, 0.2) is 0 Å². The summed E-state index contributed by atoms with van der Waals surface area (Å²) < 4.78 is 6.96. The number of nitrogens with one attached hydrogen (secondary N) is 1. The fraction of sp³-hybridized carbons (Fsp3) is 0.429. The number of aliphatic hydroxyl groups is 1. The van der Waals surface area contributed by atoms with Gasteiger partial charge in [0.05, 0.1) is 30.6 Å². The number of carbonyl (C=O) groups excluding carboxylic acids is 1. The number of nitrogens with zero attached hydrogens (tertiary/aromatic N) is 2. The Kier molecular flexibility index (Phi) is 6.20. The molecule has 3 heterocycles. The van der Waals surface area contributed by atoms with Crippen LogP contribution in [0.25, 0.3) is 22.2 Å². The maximum atomic E-state index is 11.8. The molecule has 4 rings (SSSR count). The quantitative estimate of drug-likeness (QED) is 0.572. The zero-order valence-corrected chi connectivity index (χ0v) is 17.8. The first-order valence-electron chi connectivity index (χ1n) is 9.80. The lowest BCUT2D eigenvalue weighted by molar-refractivity contribution is 0.0606. The molecule has 1 aliphatic heterocycles. The Hall–Kier alpha value is -1.93. The SMILES string of the molecule is COC(=O)c1cc(-c2cc(Cl)cc3ncn(CCC[C@H]4NCCC[C@@H]4O)c23)cs1. The number of aryl methyl sites for hydroxylation is 1. The summed E-state index contributed by atoms with van der Waals surface area (Å²) in [6.45, 7) is 1.77. The van der Waals surface area contributed by atoms with Crippen LogP contribution in [0.5, 0.6) is 0 Å². The van der Waals surface area contributed by atoms with Gasteiger partial charge in [-0.1, -0.05) is 11.6 Å². The van der Waals surface area contributed by atoms with E-state index in [0.29, 0.717) is 9.90 Å². The molecular formula is C21H24ClN3O3S. The number of imidazole rings is 1. The highest BCUT2D eigenvalue weighted by Crippen LogP contribution is 2.34. The van der Waals surface area contributed by atoms with Crippen molar-refractivity contribution in [1.82, 2.24) is 14.9 Å². The summed E-state index contributed by atoms with van der Waals surface area (Å²) in [5.41, 5.74) is 3.70. The maximum Gasteiger partial charge on any atom is 0.348 e. The largest absolute Gasteiger partial charge is 0.465 e. The zero-order valence-electron chi connectivity index (χ0n) is 16.2. The first kappa shape index (κ1) is 20.3. The van der Waals surface area contributed by atoms with Gasteiger partial charge in [-0.15, -0.1) is 11.3 Å². The number of methoxy groups -OCH3 is 1. The van der Waals surface area contributed by atoms with E-state index in [4.69, 9.17) is 16.3 Å². The van der Waals surface area contributed by atoms with Crippen molar-refractivity contribution < 1.29 is 14.6 Å². The van der Waals surface area contributed by atoms with Crippen LogP contribution in [0.1, 0.15) is 35.4 Å². The van der Waals surface area contributed by atoms with Crippen molar-refractivity contribution in [3.8, 4) is 11.1 Å². The van der Waals surface area contributed by atoms with Crippen LogP contribution in [0.2, 0.25) is 5.02 Å². The van der Waals surface area contributed by atoms with Gasteiger partial charge in [0.1, 0.15) is 4.88 Å². The van der Waals surface area contributed by atoms with Crippen molar-refractivity contribution in [2.45, 2.75) is 44.4 Å². The smallest absolute Gasteiger partial charge is 0.348 e. The first-order valence-corrected chi connectivity index (χ1v) is 11.1. The third-order valence-electron chi connectivity index (χ3n) is 5.44. The molecule has 8 heteroatoms. The highest BCUT2D eigenvalue weighted by Gasteiger charge is 2.22. The highest BCUT2D eigenvalue weighted by molar-refractivity contribution is 7.12. The lowest BCUT2D eigenvalue weighted by Crippen LogP contribution is -2.44. The normalized spacial score (nSPS) is 19.6. The van der Waals surface area contributed by atoms with E-state index >= 15 is 0 Å². The molecule has 0 amide bonds. The Balaban J connectivity index is 1.59. The number of thiophene rings is 1. The molecule has 1 aromatic carbocycles. The average Bonchev–Trinajstić information content (AvgIpc) is 3.36. The molecule has 1 fully saturated rings. The molecule has 154 valence electrons. The van der Waals surface area contributed by atoms with Crippen LogP contribution >= 0.6 is 22.9 Å². The van der Waals surface area contributed by atoms with Crippen molar-refractivity contribution in [3.05, 3.63) is 39.8 Å². The number of rotatable bonds is 6. The van der Waals surface area contributed by atoms with Crippen molar-refractivity contribution >= 4 is 39.9 Å². The molecule has 2 aromatic heterocycles. The third-order valence-corrected chi connectivity index (χ3v) is 6.57. The van der Waals surface area contributed by atoms with Crippen LogP contribution in [-0.4, -0.2) is 46.4 Å². The number of fused-ring (bicyclic) bond motifs is 1. The van der Waals surface area contributed by atoms with Crippen LogP contribution in [0.3, 0.4) is 0 Å². The van der Waals surface area contributed by atoms with Gasteiger partial charge >= 0.3 is 5.97 Å². The van der Waals surface area contributed by atoms with Gasteiger partial charge in [-0.3, -0.25) is 0 Å². The number of aliphatic hydroxyl groups excluding tert-OH is 1. The van der Waals surface area contributed by atoms with Crippen molar-refractivity contribution in [1.29, 1.82) is 0 Å². The van der Waals surface area contributed by atoms with Crippen LogP contribution in [0.4, 0.5) is 0 Å². The summed E-state index contributed by atoms with van der Waals surface area (Å²) in [5.74, 6) is -0.341. The Morgan fingerprint density at radius 3 is 3.10 bits per heavy atom. The number of aromatic nitrogens is 2. The van der Waals surface area contributed by atoms with Crippen LogP contribution in [-0.2, 0) is 11.3 Å². The summed E-state index contributed by atoms with van der Waals surface area (Å²) in [6, 6.07) is 5.77. The standard InChI is InChI=1S/C21H24ClN3O3S/c1-28-21(27)19-8-13(11-29-19)15-9-14(22)10-17-20(15)25(12-24-17)7-3-4-16-18(26)5-2-6-23-16/h8-12,16,18,23,26H,2-7H2,1H3/t16-,18+/m1/s1. The second-order valence-electron chi connectivity index (χ2n) is 7.36. The van der Waals surface area contributed by atoms with Gasteiger partial charge in [0.25, 0.3) is 0 Å². The second-order valence-corrected chi connectivity index (χ2v) is 8.71. The fourth-order valence-corrected chi connectivity index (χ4v) is 5.00. The molecule has 29 heavy (non-hydrogen) atoms. The third kappa shape index (κ3) is 4.33. The number of benzene rings is 1. The lowest BCUT2D eigenvalue weighted by atomic mass is 9.97. The van der Waals surface area contributed by atoms with E-state index in [1.807, 2.05) is 29.9 Å². The van der Waals surface area contributed by atoms with E-state index in [1.165, 1.54) is 18.4 Å².